The molecule has 1 aromatic carbocycles. The average Bonchev–Trinajstić information content (AvgIpc) is 3.20. The van der Waals surface area contributed by atoms with Gasteiger partial charge in [-0.2, -0.15) is 0 Å². The number of amides is 2. The summed E-state index contributed by atoms with van der Waals surface area (Å²) in [6, 6.07) is 2.52. The lowest BCUT2D eigenvalue weighted by atomic mass is 10.1. The smallest absolute Gasteiger partial charge is 0.276 e. The molecular formula is C22H23F2N3O6. The molecule has 0 saturated carbocycles. The van der Waals surface area contributed by atoms with Crippen molar-refractivity contribution in [3.8, 4) is 5.75 Å². The molecule has 0 aliphatic carbocycles. The third-order valence-electron chi connectivity index (χ3n) is 6.05. The van der Waals surface area contributed by atoms with Crippen LogP contribution >= 0.6 is 0 Å². The summed E-state index contributed by atoms with van der Waals surface area (Å²) in [6.45, 7) is 0.134. The van der Waals surface area contributed by atoms with Crippen LogP contribution in [-0.4, -0.2) is 60.0 Å². The van der Waals surface area contributed by atoms with Crippen LogP contribution in [0.2, 0.25) is 0 Å². The highest BCUT2D eigenvalue weighted by atomic mass is 19.1. The molecule has 4 rings (SSSR count). The Labute approximate surface area is 187 Å². The van der Waals surface area contributed by atoms with E-state index in [-0.39, 0.29) is 36.5 Å². The van der Waals surface area contributed by atoms with Gasteiger partial charge in [0.05, 0.1) is 12.6 Å². The fourth-order valence-electron chi connectivity index (χ4n) is 4.55. The molecule has 3 heterocycles. The molecule has 2 aliphatic rings. The number of methoxy groups -OCH3 is 2. The van der Waals surface area contributed by atoms with Crippen LogP contribution in [-0.2, 0) is 22.4 Å². The molecule has 2 aliphatic heterocycles. The number of hydrogen-bond donors (Lipinski definition) is 2. The number of pyridine rings is 1. The Morgan fingerprint density at radius 2 is 2.03 bits per heavy atom. The van der Waals surface area contributed by atoms with Gasteiger partial charge in [0.2, 0.25) is 5.43 Å². The quantitative estimate of drug-likeness (QED) is 0.641. The molecule has 2 amide bonds. The maximum absolute atomic E-state index is 13.9. The SMILES string of the molecule is COCCN1C(=O)c2c(O)c(=O)c(C(=O)NCc3ccc(F)cc3F)c3n2C(CC3)C1OC. The highest BCUT2D eigenvalue weighted by Gasteiger charge is 2.46. The van der Waals surface area contributed by atoms with Gasteiger partial charge in [-0.25, -0.2) is 8.78 Å². The number of halogens is 2. The van der Waals surface area contributed by atoms with Crippen molar-refractivity contribution in [1.82, 2.24) is 14.8 Å². The number of carbonyl (C=O) groups excluding carboxylic acids is 2. The first kappa shape index (κ1) is 22.9. The molecule has 2 N–H and O–H groups in total. The van der Waals surface area contributed by atoms with Gasteiger partial charge in [0.25, 0.3) is 11.8 Å². The van der Waals surface area contributed by atoms with Gasteiger partial charge >= 0.3 is 0 Å². The first-order valence-electron chi connectivity index (χ1n) is 10.3. The Morgan fingerprint density at radius 1 is 1.27 bits per heavy atom. The lowest BCUT2D eigenvalue weighted by molar-refractivity contribution is -0.0648. The predicted octanol–water partition coefficient (Wildman–Crippen LogP) is 1.32. The molecule has 0 spiro atoms. The largest absolute Gasteiger partial charge is 0.503 e. The van der Waals surface area contributed by atoms with E-state index in [4.69, 9.17) is 9.47 Å². The van der Waals surface area contributed by atoms with Crippen molar-refractivity contribution < 1.29 is 33.0 Å². The molecular weight excluding hydrogens is 440 g/mol. The van der Waals surface area contributed by atoms with Gasteiger partial charge < -0.3 is 29.4 Å². The number of ether oxygens (including phenoxy) is 2. The minimum absolute atomic E-state index is 0.0322. The Balaban J connectivity index is 1.72. The van der Waals surface area contributed by atoms with E-state index in [1.165, 1.54) is 29.8 Å². The number of nitrogens with one attached hydrogen (secondary N) is 1. The Bertz CT molecular complexity index is 1180. The summed E-state index contributed by atoms with van der Waals surface area (Å²) in [6.07, 6.45) is 0.0944. The highest BCUT2D eigenvalue weighted by molar-refractivity contribution is 6.00. The van der Waals surface area contributed by atoms with E-state index >= 15 is 0 Å². The molecule has 33 heavy (non-hydrogen) atoms. The van der Waals surface area contributed by atoms with Gasteiger partial charge in [0, 0.05) is 44.6 Å². The van der Waals surface area contributed by atoms with E-state index in [9.17, 15) is 28.3 Å². The van der Waals surface area contributed by atoms with E-state index < -0.39 is 46.9 Å². The second-order valence-electron chi connectivity index (χ2n) is 7.86. The third kappa shape index (κ3) is 3.76. The first-order valence-corrected chi connectivity index (χ1v) is 10.3. The van der Waals surface area contributed by atoms with Crippen LogP contribution < -0.4 is 10.7 Å². The molecule has 0 bridgehead atoms. The van der Waals surface area contributed by atoms with Crippen LogP contribution in [0.5, 0.6) is 5.75 Å². The first-order chi connectivity index (χ1) is 15.8. The number of rotatable bonds is 7. The second kappa shape index (κ2) is 8.91. The monoisotopic (exact) mass is 463 g/mol. The standard InChI is InChI=1S/C22H23F2N3O6/c1-32-8-7-26-21(31)17-19(29)18(28)16(14-5-6-15(27(14)17)22(26)33-2)20(30)25-10-11-3-4-12(23)9-13(11)24/h3-4,9,15,22,29H,5-8,10H2,1-2H3,(H,25,30). The zero-order chi connectivity index (χ0) is 23.9. The normalized spacial score (nSPS) is 19.0. The molecule has 2 atom stereocenters. The van der Waals surface area contributed by atoms with Crippen molar-refractivity contribution in [1.29, 1.82) is 0 Å². The predicted molar refractivity (Wildman–Crippen MR) is 111 cm³/mol. The molecule has 2 unspecified atom stereocenters. The molecule has 1 aromatic heterocycles. The number of aromatic nitrogens is 1. The lowest BCUT2D eigenvalue weighted by Crippen LogP contribution is -2.53. The zero-order valence-corrected chi connectivity index (χ0v) is 18.1. The molecule has 11 heteroatoms. The van der Waals surface area contributed by atoms with Crippen molar-refractivity contribution in [3.05, 3.63) is 62.6 Å². The van der Waals surface area contributed by atoms with Crippen molar-refractivity contribution >= 4 is 11.8 Å². The van der Waals surface area contributed by atoms with E-state index in [1.807, 2.05) is 0 Å². The molecule has 0 saturated heterocycles. The number of nitrogens with zero attached hydrogens (tertiary/aromatic N) is 2. The van der Waals surface area contributed by atoms with E-state index in [0.29, 0.717) is 24.6 Å². The lowest BCUT2D eigenvalue weighted by Gasteiger charge is -2.40. The molecule has 2 aromatic rings. The number of aromatic hydroxyl groups is 1. The zero-order valence-electron chi connectivity index (χ0n) is 18.1. The maximum atomic E-state index is 13.9. The summed E-state index contributed by atoms with van der Waals surface area (Å²) >= 11 is 0. The fourth-order valence-corrected chi connectivity index (χ4v) is 4.55. The van der Waals surface area contributed by atoms with Crippen LogP contribution in [0.15, 0.2) is 23.0 Å². The maximum Gasteiger partial charge on any atom is 0.276 e. The molecule has 9 nitrogen and oxygen atoms in total. The van der Waals surface area contributed by atoms with Crippen molar-refractivity contribution in [2.45, 2.75) is 31.7 Å². The molecule has 0 radical (unpaired) electrons. The van der Waals surface area contributed by atoms with Gasteiger partial charge in [0.1, 0.15) is 17.2 Å². The number of carbonyl (C=O) groups is 2. The molecule has 0 fully saturated rings. The average molecular weight is 463 g/mol. The van der Waals surface area contributed by atoms with Crippen LogP contribution in [0.3, 0.4) is 0 Å². The summed E-state index contributed by atoms with van der Waals surface area (Å²) in [5.74, 6) is -3.85. The summed E-state index contributed by atoms with van der Waals surface area (Å²) < 4.78 is 39.1. The highest BCUT2D eigenvalue weighted by Crippen LogP contribution is 2.40. The minimum atomic E-state index is -0.982. The molecule has 176 valence electrons. The van der Waals surface area contributed by atoms with E-state index in [2.05, 4.69) is 5.32 Å². The summed E-state index contributed by atoms with van der Waals surface area (Å²) in [5.41, 5.74) is -1.15. The minimum Gasteiger partial charge on any atom is -0.503 e. The van der Waals surface area contributed by atoms with Gasteiger partial charge in [-0.05, 0) is 18.9 Å². The number of hydrogen-bond acceptors (Lipinski definition) is 6. The Hall–Kier alpha value is -3.31. The van der Waals surface area contributed by atoms with Crippen LogP contribution in [0, 0.1) is 11.6 Å². The van der Waals surface area contributed by atoms with Gasteiger partial charge in [-0.3, -0.25) is 14.4 Å². The Morgan fingerprint density at radius 3 is 2.70 bits per heavy atom. The summed E-state index contributed by atoms with van der Waals surface area (Å²) in [4.78, 5) is 40.4. The van der Waals surface area contributed by atoms with Gasteiger partial charge in [-0.1, -0.05) is 6.07 Å². The third-order valence-corrected chi connectivity index (χ3v) is 6.05. The van der Waals surface area contributed by atoms with Gasteiger partial charge in [0.15, 0.2) is 17.7 Å². The van der Waals surface area contributed by atoms with Crippen molar-refractivity contribution in [2.24, 2.45) is 0 Å². The topological polar surface area (TPSA) is 110 Å². The van der Waals surface area contributed by atoms with E-state index in [0.717, 1.165) is 6.07 Å². The Kier molecular flexibility index (Phi) is 6.17. The van der Waals surface area contributed by atoms with Crippen LogP contribution in [0.4, 0.5) is 8.78 Å². The van der Waals surface area contributed by atoms with Crippen molar-refractivity contribution in [3.63, 3.8) is 0 Å². The van der Waals surface area contributed by atoms with Crippen LogP contribution in [0.1, 0.15) is 44.6 Å². The fraction of sp³-hybridized carbons (Fsp3) is 0.409. The van der Waals surface area contributed by atoms with Gasteiger partial charge in [-0.15, -0.1) is 0 Å². The van der Waals surface area contributed by atoms with Crippen molar-refractivity contribution in [2.75, 3.05) is 27.4 Å². The summed E-state index contributed by atoms with van der Waals surface area (Å²) in [7, 11) is 2.94. The second-order valence-corrected chi connectivity index (χ2v) is 7.86. The van der Waals surface area contributed by atoms with E-state index in [1.54, 1.807) is 0 Å². The van der Waals surface area contributed by atoms with Crippen LogP contribution in [0.25, 0.3) is 0 Å². The summed E-state index contributed by atoms with van der Waals surface area (Å²) in [5, 5.41) is 13.1. The number of benzene rings is 1.